The zero-order chi connectivity index (χ0) is 20.1. The third-order valence-corrected chi connectivity index (χ3v) is 4.60. The second-order valence-electron chi connectivity index (χ2n) is 6.57. The van der Waals surface area contributed by atoms with E-state index in [1.807, 2.05) is 24.3 Å². The first-order valence-corrected chi connectivity index (χ1v) is 9.34. The number of urea groups is 1. The third-order valence-electron chi connectivity index (χ3n) is 4.60. The standard InChI is InChI=1S/C21H19N7O/c22-13-15-4-3-5-16(12-15)17-6-7-18-20(26-17)28(11-2-1-9-24-18)21(29)27-19-8-10-23-14-25-19/h3-8,10,12,14,24H,1-2,9,11H2,(H,23,25,27,29). The first kappa shape index (κ1) is 18.4. The summed E-state index contributed by atoms with van der Waals surface area (Å²) in [6, 6.07) is 14.6. The van der Waals surface area contributed by atoms with E-state index in [2.05, 4.69) is 26.7 Å². The van der Waals surface area contributed by atoms with Crippen LogP contribution < -0.4 is 15.5 Å². The van der Waals surface area contributed by atoms with Crippen LogP contribution in [0.4, 0.5) is 22.1 Å². The molecule has 0 saturated heterocycles. The number of hydrogen-bond donors (Lipinski definition) is 2. The molecule has 1 aromatic carbocycles. The first-order chi connectivity index (χ1) is 14.2. The number of nitriles is 1. The smallest absolute Gasteiger partial charge is 0.328 e. The Labute approximate surface area is 168 Å². The van der Waals surface area contributed by atoms with Gasteiger partial charge in [-0.25, -0.2) is 19.7 Å². The van der Waals surface area contributed by atoms with Crippen LogP contribution >= 0.6 is 0 Å². The van der Waals surface area contributed by atoms with Crippen molar-refractivity contribution in [1.82, 2.24) is 15.0 Å². The van der Waals surface area contributed by atoms with Gasteiger partial charge in [0.1, 0.15) is 12.1 Å². The zero-order valence-electron chi connectivity index (χ0n) is 15.7. The molecule has 0 atom stereocenters. The van der Waals surface area contributed by atoms with E-state index in [4.69, 9.17) is 4.98 Å². The number of amides is 2. The van der Waals surface area contributed by atoms with Crippen molar-refractivity contribution < 1.29 is 4.79 Å². The molecule has 1 aliphatic rings. The molecule has 2 N–H and O–H groups in total. The lowest BCUT2D eigenvalue weighted by Crippen LogP contribution is -2.38. The van der Waals surface area contributed by atoms with Gasteiger partial charge in [0.15, 0.2) is 5.82 Å². The Bertz CT molecular complexity index is 1060. The van der Waals surface area contributed by atoms with Crippen LogP contribution in [-0.4, -0.2) is 34.1 Å². The SMILES string of the molecule is N#Cc1cccc(-c2ccc3c(n2)N(C(=O)Nc2ccncn2)CCCCN3)c1. The molecule has 2 aromatic heterocycles. The largest absolute Gasteiger partial charge is 0.382 e. The molecule has 29 heavy (non-hydrogen) atoms. The van der Waals surface area contributed by atoms with Gasteiger partial charge >= 0.3 is 6.03 Å². The molecule has 0 aliphatic carbocycles. The average molecular weight is 385 g/mol. The van der Waals surface area contributed by atoms with E-state index < -0.39 is 0 Å². The summed E-state index contributed by atoms with van der Waals surface area (Å²) in [5.41, 5.74) is 2.88. The molecular formula is C21H19N7O. The van der Waals surface area contributed by atoms with Crippen LogP contribution in [0.1, 0.15) is 18.4 Å². The minimum atomic E-state index is -0.302. The van der Waals surface area contributed by atoms with Gasteiger partial charge in [-0.3, -0.25) is 10.2 Å². The molecule has 0 fully saturated rings. The van der Waals surface area contributed by atoms with E-state index in [1.54, 1.807) is 29.3 Å². The number of hydrogen-bond acceptors (Lipinski definition) is 6. The Balaban J connectivity index is 1.71. The summed E-state index contributed by atoms with van der Waals surface area (Å²) in [6.07, 6.45) is 4.75. The summed E-state index contributed by atoms with van der Waals surface area (Å²) in [4.78, 5) is 27.3. The summed E-state index contributed by atoms with van der Waals surface area (Å²) in [7, 11) is 0. The normalized spacial score (nSPS) is 13.3. The lowest BCUT2D eigenvalue weighted by atomic mass is 10.1. The van der Waals surface area contributed by atoms with Crippen LogP contribution in [0.5, 0.6) is 0 Å². The van der Waals surface area contributed by atoms with E-state index in [-0.39, 0.29) is 6.03 Å². The number of fused-ring (bicyclic) bond motifs is 1. The number of carbonyl (C=O) groups excluding carboxylic acids is 1. The van der Waals surface area contributed by atoms with Gasteiger partial charge in [0.25, 0.3) is 0 Å². The summed E-state index contributed by atoms with van der Waals surface area (Å²) in [5, 5.41) is 15.3. The highest BCUT2D eigenvalue weighted by Crippen LogP contribution is 2.30. The zero-order valence-corrected chi connectivity index (χ0v) is 15.7. The monoisotopic (exact) mass is 385 g/mol. The number of nitrogens with one attached hydrogen (secondary N) is 2. The predicted octanol–water partition coefficient (Wildman–Crippen LogP) is 3.65. The van der Waals surface area contributed by atoms with Gasteiger partial charge in [0.2, 0.25) is 0 Å². The molecule has 0 bridgehead atoms. The second kappa shape index (κ2) is 8.35. The van der Waals surface area contributed by atoms with Crippen molar-refractivity contribution in [3.63, 3.8) is 0 Å². The van der Waals surface area contributed by atoms with Crippen molar-refractivity contribution in [3.8, 4) is 17.3 Å². The quantitative estimate of drug-likeness (QED) is 0.697. The van der Waals surface area contributed by atoms with Gasteiger partial charge in [-0.15, -0.1) is 0 Å². The molecule has 144 valence electrons. The molecule has 0 saturated carbocycles. The maximum Gasteiger partial charge on any atom is 0.328 e. The highest BCUT2D eigenvalue weighted by Gasteiger charge is 2.23. The highest BCUT2D eigenvalue weighted by molar-refractivity contribution is 6.02. The van der Waals surface area contributed by atoms with Crippen molar-refractivity contribution in [2.45, 2.75) is 12.8 Å². The molecule has 3 aromatic rings. The van der Waals surface area contributed by atoms with Gasteiger partial charge in [0.05, 0.1) is 23.0 Å². The van der Waals surface area contributed by atoms with Crippen molar-refractivity contribution in [3.05, 3.63) is 60.6 Å². The number of pyridine rings is 1. The van der Waals surface area contributed by atoms with Gasteiger partial charge in [-0.2, -0.15) is 5.26 Å². The summed E-state index contributed by atoms with van der Waals surface area (Å²) < 4.78 is 0. The minimum absolute atomic E-state index is 0.302. The van der Waals surface area contributed by atoms with Gasteiger partial charge in [0, 0.05) is 24.8 Å². The molecule has 1 aliphatic heterocycles. The maximum absolute atomic E-state index is 13.0. The van der Waals surface area contributed by atoms with E-state index in [0.717, 1.165) is 30.6 Å². The lowest BCUT2D eigenvalue weighted by molar-refractivity contribution is 0.256. The number of benzene rings is 1. The molecule has 8 heteroatoms. The molecule has 0 radical (unpaired) electrons. The number of nitrogens with zero attached hydrogens (tertiary/aromatic N) is 5. The Kier molecular flexibility index (Phi) is 5.29. The van der Waals surface area contributed by atoms with E-state index in [9.17, 15) is 10.1 Å². The topological polar surface area (TPSA) is 107 Å². The highest BCUT2D eigenvalue weighted by atomic mass is 16.2. The fourth-order valence-electron chi connectivity index (χ4n) is 3.16. The number of anilines is 3. The van der Waals surface area contributed by atoms with Crippen LogP contribution in [0, 0.1) is 11.3 Å². The fraction of sp³-hybridized carbons (Fsp3) is 0.190. The van der Waals surface area contributed by atoms with Crippen molar-refractivity contribution in [2.75, 3.05) is 28.6 Å². The van der Waals surface area contributed by atoms with Crippen molar-refractivity contribution in [1.29, 1.82) is 5.26 Å². The van der Waals surface area contributed by atoms with Gasteiger partial charge in [-0.1, -0.05) is 12.1 Å². The van der Waals surface area contributed by atoms with E-state index in [0.29, 0.717) is 29.4 Å². The predicted molar refractivity (Wildman–Crippen MR) is 111 cm³/mol. The van der Waals surface area contributed by atoms with Crippen molar-refractivity contribution >= 4 is 23.4 Å². The number of carbonyl (C=O) groups is 1. The van der Waals surface area contributed by atoms with Gasteiger partial charge in [-0.05, 0) is 43.2 Å². The second-order valence-corrected chi connectivity index (χ2v) is 6.57. The average Bonchev–Trinajstić information content (AvgIpc) is 2.75. The Morgan fingerprint density at radius 2 is 2.14 bits per heavy atom. The van der Waals surface area contributed by atoms with Crippen LogP contribution in [-0.2, 0) is 0 Å². The van der Waals surface area contributed by atoms with Crippen LogP contribution in [0.15, 0.2) is 55.0 Å². The minimum Gasteiger partial charge on any atom is -0.382 e. The Morgan fingerprint density at radius 3 is 2.97 bits per heavy atom. The van der Waals surface area contributed by atoms with Crippen LogP contribution in [0.25, 0.3) is 11.3 Å². The summed E-state index contributed by atoms with van der Waals surface area (Å²) in [5.74, 6) is 0.982. The van der Waals surface area contributed by atoms with Gasteiger partial charge < -0.3 is 5.32 Å². The van der Waals surface area contributed by atoms with Crippen molar-refractivity contribution in [2.24, 2.45) is 0 Å². The van der Waals surface area contributed by atoms with E-state index in [1.165, 1.54) is 6.33 Å². The number of aromatic nitrogens is 3. The number of rotatable bonds is 2. The third kappa shape index (κ3) is 4.14. The molecule has 0 spiro atoms. The molecule has 0 unspecified atom stereocenters. The molecule has 2 amide bonds. The summed E-state index contributed by atoms with van der Waals surface area (Å²) >= 11 is 0. The summed E-state index contributed by atoms with van der Waals surface area (Å²) in [6.45, 7) is 1.36. The molecule has 3 heterocycles. The van der Waals surface area contributed by atoms with Crippen LogP contribution in [0.2, 0.25) is 0 Å². The Morgan fingerprint density at radius 1 is 1.21 bits per heavy atom. The molecular weight excluding hydrogens is 366 g/mol. The first-order valence-electron chi connectivity index (χ1n) is 9.34. The molecule has 4 rings (SSSR count). The Hall–Kier alpha value is -3.99. The van der Waals surface area contributed by atoms with E-state index >= 15 is 0 Å². The molecule has 8 nitrogen and oxygen atoms in total. The van der Waals surface area contributed by atoms with Crippen LogP contribution in [0.3, 0.4) is 0 Å². The fourth-order valence-corrected chi connectivity index (χ4v) is 3.16. The maximum atomic E-state index is 13.0. The lowest BCUT2D eigenvalue weighted by Gasteiger charge is -2.27.